The lowest BCUT2D eigenvalue weighted by molar-refractivity contribution is 0.0889. The topological polar surface area (TPSA) is 71.1 Å². The monoisotopic (exact) mass is 363 g/mol. The first-order valence-electron chi connectivity index (χ1n) is 8.13. The summed E-state index contributed by atoms with van der Waals surface area (Å²) in [5.74, 6) is -5.17. The van der Waals surface area contributed by atoms with E-state index in [0.717, 1.165) is 13.1 Å². The number of anilines is 1. The Morgan fingerprint density at radius 2 is 1.73 bits per heavy atom. The summed E-state index contributed by atoms with van der Waals surface area (Å²) in [4.78, 5) is 28.7. The Morgan fingerprint density at radius 3 is 2.38 bits per heavy atom. The highest BCUT2D eigenvalue weighted by Crippen LogP contribution is 2.19. The lowest BCUT2D eigenvalue weighted by Gasteiger charge is -2.21. The Hall–Kier alpha value is -2.74. The minimum atomic E-state index is -1.32. The molecule has 1 aliphatic rings. The molecule has 0 radical (unpaired) electrons. The summed E-state index contributed by atoms with van der Waals surface area (Å²) in [7, 11) is 0. The lowest BCUT2D eigenvalue weighted by Crippen LogP contribution is -2.32. The second kappa shape index (κ2) is 7.65. The van der Waals surface area contributed by atoms with Crippen LogP contribution in [-0.2, 0) is 0 Å². The summed E-state index contributed by atoms with van der Waals surface area (Å²) in [6.07, 6.45) is 1.40. The summed E-state index contributed by atoms with van der Waals surface area (Å²) < 4.78 is 40.3. The first-order valence-corrected chi connectivity index (χ1v) is 8.13. The number of carbonyl (C=O) groups excluding carboxylic acids is 2. The van der Waals surface area contributed by atoms with Gasteiger partial charge in [-0.05, 0) is 38.1 Å². The first-order chi connectivity index (χ1) is 12.5. The van der Waals surface area contributed by atoms with Crippen LogP contribution >= 0.6 is 0 Å². The van der Waals surface area contributed by atoms with Crippen LogP contribution in [0, 0.1) is 23.4 Å². The molecule has 1 aromatic carbocycles. The Morgan fingerprint density at radius 1 is 1.08 bits per heavy atom. The van der Waals surface area contributed by atoms with E-state index in [2.05, 4.69) is 15.6 Å². The number of Topliss-reactive ketones (excluding diaryl/α,β-unsaturated/α-hetero) is 1. The van der Waals surface area contributed by atoms with Crippen LogP contribution in [0.1, 0.15) is 33.7 Å². The molecular formula is C18H16F3N3O2. The van der Waals surface area contributed by atoms with Crippen molar-refractivity contribution >= 4 is 17.5 Å². The number of amides is 1. The minimum absolute atomic E-state index is 0.0158. The van der Waals surface area contributed by atoms with Crippen molar-refractivity contribution in [3.63, 3.8) is 0 Å². The third kappa shape index (κ3) is 3.91. The number of nitrogens with zero attached hydrogens (tertiary/aromatic N) is 1. The van der Waals surface area contributed by atoms with Crippen LogP contribution < -0.4 is 10.6 Å². The van der Waals surface area contributed by atoms with Crippen molar-refractivity contribution in [1.82, 2.24) is 10.3 Å². The van der Waals surface area contributed by atoms with Gasteiger partial charge in [-0.15, -0.1) is 0 Å². The standard InChI is InChI=1S/C18H16F3N3O2/c19-11-8-12(20)16(13(21)9-11)18(26)24-15-3-1-2-14(23-15)17(25)10-4-6-22-7-5-10/h1-3,8-10,22H,4-7H2,(H,23,24,26). The Bertz CT molecular complexity index is 828. The summed E-state index contributed by atoms with van der Waals surface area (Å²) >= 11 is 0. The zero-order valence-corrected chi connectivity index (χ0v) is 13.7. The molecule has 0 spiro atoms. The van der Waals surface area contributed by atoms with Gasteiger partial charge in [0.1, 0.15) is 34.5 Å². The van der Waals surface area contributed by atoms with Crippen LogP contribution in [0.5, 0.6) is 0 Å². The van der Waals surface area contributed by atoms with Gasteiger partial charge in [-0.25, -0.2) is 18.2 Å². The van der Waals surface area contributed by atoms with E-state index in [0.29, 0.717) is 25.0 Å². The molecule has 1 fully saturated rings. The van der Waals surface area contributed by atoms with Crippen molar-refractivity contribution in [3.05, 3.63) is 59.0 Å². The average molecular weight is 363 g/mol. The molecule has 3 rings (SSSR count). The maximum atomic E-state index is 13.7. The van der Waals surface area contributed by atoms with E-state index in [1.165, 1.54) is 18.2 Å². The molecule has 5 nitrogen and oxygen atoms in total. The number of nitrogens with one attached hydrogen (secondary N) is 2. The number of hydrogen-bond acceptors (Lipinski definition) is 4. The van der Waals surface area contributed by atoms with Gasteiger partial charge in [-0.2, -0.15) is 0 Å². The number of benzene rings is 1. The minimum Gasteiger partial charge on any atom is -0.317 e. The molecule has 136 valence electrons. The molecule has 1 amide bonds. The molecule has 1 saturated heterocycles. The normalized spacial score (nSPS) is 14.9. The number of carbonyl (C=O) groups is 2. The van der Waals surface area contributed by atoms with Gasteiger partial charge in [0.25, 0.3) is 5.91 Å². The van der Waals surface area contributed by atoms with Gasteiger partial charge >= 0.3 is 0 Å². The van der Waals surface area contributed by atoms with Gasteiger partial charge in [0.15, 0.2) is 5.78 Å². The van der Waals surface area contributed by atoms with Gasteiger partial charge in [0.2, 0.25) is 0 Å². The largest absolute Gasteiger partial charge is 0.317 e. The van der Waals surface area contributed by atoms with Crippen molar-refractivity contribution in [2.24, 2.45) is 5.92 Å². The predicted octanol–water partition coefficient (Wildman–Crippen LogP) is 2.93. The fourth-order valence-electron chi connectivity index (χ4n) is 2.87. The second-order valence-electron chi connectivity index (χ2n) is 6.00. The van der Waals surface area contributed by atoms with Crippen molar-refractivity contribution in [2.75, 3.05) is 18.4 Å². The third-order valence-electron chi connectivity index (χ3n) is 4.19. The van der Waals surface area contributed by atoms with E-state index in [1.807, 2.05) is 0 Å². The van der Waals surface area contributed by atoms with Crippen LogP contribution in [0.3, 0.4) is 0 Å². The van der Waals surface area contributed by atoms with Gasteiger partial charge < -0.3 is 10.6 Å². The van der Waals surface area contributed by atoms with E-state index in [9.17, 15) is 22.8 Å². The second-order valence-corrected chi connectivity index (χ2v) is 6.00. The van der Waals surface area contributed by atoms with Crippen LogP contribution in [0.4, 0.5) is 19.0 Å². The maximum absolute atomic E-state index is 13.7. The molecular weight excluding hydrogens is 347 g/mol. The van der Waals surface area contributed by atoms with Crippen LogP contribution in [0.25, 0.3) is 0 Å². The molecule has 8 heteroatoms. The fourth-order valence-corrected chi connectivity index (χ4v) is 2.87. The molecule has 2 aromatic rings. The lowest BCUT2D eigenvalue weighted by atomic mass is 9.92. The summed E-state index contributed by atoms with van der Waals surface area (Å²) in [5.41, 5.74) is -0.738. The molecule has 26 heavy (non-hydrogen) atoms. The van der Waals surface area contributed by atoms with E-state index in [-0.39, 0.29) is 23.2 Å². The quantitative estimate of drug-likeness (QED) is 0.820. The van der Waals surface area contributed by atoms with Crippen LogP contribution in [-0.4, -0.2) is 29.8 Å². The highest BCUT2D eigenvalue weighted by atomic mass is 19.1. The highest BCUT2D eigenvalue weighted by molar-refractivity contribution is 6.04. The van der Waals surface area contributed by atoms with Crippen LogP contribution in [0.2, 0.25) is 0 Å². The Kier molecular flexibility index (Phi) is 5.32. The number of rotatable bonds is 4. The molecule has 0 aliphatic carbocycles. The summed E-state index contributed by atoms with van der Waals surface area (Å²) in [6, 6.07) is 5.29. The van der Waals surface area contributed by atoms with Crippen molar-refractivity contribution in [2.45, 2.75) is 12.8 Å². The number of piperidine rings is 1. The van der Waals surface area contributed by atoms with Crippen molar-refractivity contribution in [3.8, 4) is 0 Å². The van der Waals surface area contributed by atoms with E-state index < -0.39 is 28.9 Å². The number of halogens is 3. The van der Waals surface area contributed by atoms with Gasteiger partial charge in [0.05, 0.1) is 0 Å². The van der Waals surface area contributed by atoms with E-state index in [4.69, 9.17) is 0 Å². The fraction of sp³-hybridized carbons (Fsp3) is 0.278. The van der Waals surface area contributed by atoms with Gasteiger partial charge in [-0.3, -0.25) is 9.59 Å². The van der Waals surface area contributed by atoms with E-state index >= 15 is 0 Å². The summed E-state index contributed by atoms with van der Waals surface area (Å²) in [5, 5.41) is 5.40. The number of aromatic nitrogens is 1. The van der Waals surface area contributed by atoms with Gasteiger partial charge in [0, 0.05) is 18.1 Å². The molecule has 2 N–H and O–H groups in total. The van der Waals surface area contributed by atoms with Crippen molar-refractivity contribution in [1.29, 1.82) is 0 Å². The molecule has 1 aromatic heterocycles. The highest BCUT2D eigenvalue weighted by Gasteiger charge is 2.24. The number of hydrogen-bond donors (Lipinski definition) is 2. The first kappa shape index (κ1) is 18.1. The summed E-state index contributed by atoms with van der Waals surface area (Å²) in [6.45, 7) is 1.49. The predicted molar refractivity (Wildman–Crippen MR) is 88.4 cm³/mol. The molecule has 1 aliphatic heterocycles. The zero-order valence-electron chi connectivity index (χ0n) is 13.7. The molecule has 0 saturated carbocycles. The third-order valence-corrected chi connectivity index (χ3v) is 4.19. The molecule has 0 atom stereocenters. The van der Waals surface area contributed by atoms with Gasteiger partial charge in [-0.1, -0.05) is 6.07 Å². The molecule has 2 heterocycles. The average Bonchev–Trinajstić information content (AvgIpc) is 2.61. The SMILES string of the molecule is O=C(Nc1cccc(C(=O)C2CCNCC2)n1)c1c(F)cc(F)cc1F. The van der Waals surface area contributed by atoms with Crippen molar-refractivity contribution < 1.29 is 22.8 Å². The Labute approximate surface area is 147 Å². The number of pyridine rings is 1. The van der Waals surface area contributed by atoms with E-state index in [1.54, 1.807) is 0 Å². The molecule has 0 unspecified atom stereocenters. The van der Waals surface area contributed by atoms with Crippen LogP contribution in [0.15, 0.2) is 30.3 Å². The maximum Gasteiger partial charge on any atom is 0.262 e. The number of ketones is 1. The molecule has 0 bridgehead atoms. The Balaban J connectivity index is 1.78. The zero-order chi connectivity index (χ0) is 18.7. The smallest absolute Gasteiger partial charge is 0.262 e.